The molecule has 0 spiro atoms. The lowest BCUT2D eigenvalue weighted by atomic mass is 10.2. The fourth-order valence-electron chi connectivity index (χ4n) is 1.97. The van der Waals surface area contributed by atoms with Crippen LogP contribution in [0.4, 0.5) is 11.7 Å². The minimum atomic E-state index is -0.316. The average molecular weight is 377 g/mol. The molecule has 2 aromatic heterocycles. The van der Waals surface area contributed by atoms with Crippen molar-refractivity contribution in [3.05, 3.63) is 46.7 Å². The molecule has 0 saturated carbocycles. The number of aromatic nitrogens is 2. The monoisotopic (exact) mass is 376 g/mol. The molecular formula is C15H13BrN4O3. The van der Waals surface area contributed by atoms with Crippen molar-refractivity contribution in [1.82, 2.24) is 9.97 Å². The summed E-state index contributed by atoms with van der Waals surface area (Å²) in [6, 6.07) is 10.6. The molecule has 0 atom stereocenters. The molecular weight excluding hydrogens is 364 g/mol. The Labute approximate surface area is 139 Å². The highest BCUT2D eigenvalue weighted by Crippen LogP contribution is 2.22. The Morgan fingerprint density at radius 2 is 2.13 bits per heavy atom. The van der Waals surface area contributed by atoms with Gasteiger partial charge in [0.1, 0.15) is 15.8 Å². The van der Waals surface area contributed by atoms with Crippen molar-refractivity contribution in [2.24, 2.45) is 0 Å². The lowest BCUT2D eigenvalue weighted by Gasteiger charge is -2.04. The maximum Gasteiger partial charge on any atom is 0.295 e. The Balaban J connectivity index is 1.78. The van der Waals surface area contributed by atoms with E-state index in [1.54, 1.807) is 36.4 Å². The van der Waals surface area contributed by atoms with Gasteiger partial charge in [-0.3, -0.25) is 4.79 Å². The van der Waals surface area contributed by atoms with Gasteiger partial charge in [-0.05, 0) is 40.2 Å². The van der Waals surface area contributed by atoms with E-state index >= 15 is 0 Å². The molecule has 3 rings (SSSR count). The first kappa shape index (κ1) is 15.4. The predicted octanol–water partition coefficient (Wildman–Crippen LogP) is 2.64. The number of nitrogens with one attached hydrogen (secondary N) is 2. The number of anilines is 2. The summed E-state index contributed by atoms with van der Waals surface area (Å²) in [7, 11) is 0. The van der Waals surface area contributed by atoms with Gasteiger partial charge in [0, 0.05) is 18.3 Å². The number of benzene rings is 1. The molecule has 0 bridgehead atoms. The summed E-state index contributed by atoms with van der Waals surface area (Å²) in [6.07, 6.45) is 0. The minimum Gasteiger partial charge on any atom is -0.423 e. The second-order valence-electron chi connectivity index (χ2n) is 4.65. The highest BCUT2D eigenvalue weighted by molar-refractivity contribution is 9.10. The van der Waals surface area contributed by atoms with E-state index < -0.39 is 0 Å². The molecule has 7 nitrogen and oxygen atoms in total. The number of aliphatic hydroxyl groups is 1. The second kappa shape index (κ2) is 6.76. The molecule has 3 N–H and O–H groups in total. The molecule has 0 unspecified atom stereocenters. The van der Waals surface area contributed by atoms with Crippen molar-refractivity contribution >= 4 is 44.6 Å². The Kier molecular flexibility index (Phi) is 4.54. The van der Waals surface area contributed by atoms with Crippen LogP contribution in [0.2, 0.25) is 0 Å². The van der Waals surface area contributed by atoms with Gasteiger partial charge in [0.05, 0.1) is 6.61 Å². The third-order valence-corrected chi connectivity index (χ3v) is 3.42. The summed E-state index contributed by atoms with van der Waals surface area (Å²) in [5.41, 5.74) is 2.07. The van der Waals surface area contributed by atoms with Crippen molar-refractivity contribution in [1.29, 1.82) is 0 Å². The van der Waals surface area contributed by atoms with E-state index in [-0.39, 0.29) is 12.5 Å². The summed E-state index contributed by atoms with van der Waals surface area (Å²) in [5, 5.41) is 14.4. The van der Waals surface area contributed by atoms with E-state index in [4.69, 9.17) is 9.52 Å². The van der Waals surface area contributed by atoms with Crippen LogP contribution < -0.4 is 10.6 Å². The Morgan fingerprint density at radius 1 is 1.26 bits per heavy atom. The zero-order valence-electron chi connectivity index (χ0n) is 11.9. The van der Waals surface area contributed by atoms with Gasteiger partial charge in [0.25, 0.3) is 11.9 Å². The molecule has 1 aromatic carbocycles. The van der Waals surface area contributed by atoms with Gasteiger partial charge in [0.2, 0.25) is 0 Å². The molecule has 0 saturated heterocycles. The van der Waals surface area contributed by atoms with Crippen LogP contribution in [-0.4, -0.2) is 34.1 Å². The van der Waals surface area contributed by atoms with Crippen molar-refractivity contribution in [3.8, 4) is 0 Å². The van der Waals surface area contributed by atoms with Crippen LogP contribution in [0.15, 0.2) is 45.4 Å². The van der Waals surface area contributed by atoms with Crippen LogP contribution in [-0.2, 0) is 0 Å². The topological polar surface area (TPSA) is 100 Å². The molecule has 2 heterocycles. The number of hydrogen-bond donors (Lipinski definition) is 3. The molecule has 0 aliphatic heterocycles. The number of amides is 1. The number of carbonyl (C=O) groups is 1. The number of nitrogens with zero attached hydrogens (tertiary/aromatic N) is 2. The van der Waals surface area contributed by atoms with Crippen LogP contribution in [0.1, 0.15) is 10.5 Å². The van der Waals surface area contributed by atoms with E-state index in [0.29, 0.717) is 39.6 Å². The number of aliphatic hydroxyl groups excluding tert-OH is 1. The van der Waals surface area contributed by atoms with Crippen molar-refractivity contribution < 1.29 is 14.3 Å². The predicted molar refractivity (Wildman–Crippen MR) is 89.5 cm³/mol. The van der Waals surface area contributed by atoms with E-state index in [1.165, 1.54) is 0 Å². The molecule has 118 valence electrons. The van der Waals surface area contributed by atoms with Gasteiger partial charge < -0.3 is 20.2 Å². The quantitative estimate of drug-likeness (QED) is 0.591. The average Bonchev–Trinajstić information content (AvgIpc) is 2.95. The van der Waals surface area contributed by atoms with Gasteiger partial charge in [-0.1, -0.05) is 6.07 Å². The third-order valence-electron chi connectivity index (χ3n) is 2.98. The first-order chi connectivity index (χ1) is 11.2. The van der Waals surface area contributed by atoms with E-state index in [2.05, 4.69) is 36.5 Å². The summed E-state index contributed by atoms with van der Waals surface area (Å²) in [4.78, 5) is 20.5. The zero-order valence-corrected chi connectivity index (χ0v) is 13.5. The fraction of sp³-hybridized carbons (Fsp3) is 0.133. The maximum absolute atomic E-state index is 12.2. The largest absolute Gasteiger partial charge is 0.423 e. The number of pyridine rings is 1. The van der Waals surface area contributed by atoms with Crippen LogP contribution in [0.3, 0.4) is 0 Å². The molecule has 0 fully saturated rings. The van der Waals surface area contributed by atoms with Crippen molar-refractivity contribution in [2.75, 3.05) is 23.8 Å². The zero-order chi connectivity index (χ0) is 16.2. The number of halogens is 1. The number of fused-ring (bicyclic) bond motifs is 1. The SMILES string of the molecule is O=C(Nc1ccc2nc(NCCO)oc2c1)c1cccc(Br)n1. The lowest BCUT2D eigenvalue weighted by Crippen LogP contribution is -2.13. The number of oxazole rings is 1. The standard InChI is InChI=1S/C15H13BrN4O3/c16-13-3-1-2-11(19-13)14(22)18-9-4-5-10-12(8-9)23-15(20-10)17-6-7-21/h1-5,8,21H,6-7H2,(H,17,20)(H,18,22). The van der Waals surface area contributed by atoms with Crippen LogP contribution >= 0.6 is 15.9 Å². The first-order valence-corrected chi connectivity index (χ1v) is 7.64. The van der Waals surface area contributed by atoms with E-state index in [0.717, 1.165) is 0 Å². The van der Waals surface area contributed by atoms with Crippen LogP contribution in [0.25, 0.3) is 11.1 Å². The fourth-order valence-corrected chi connectivity index (χ4v) is 2.31. The van der Waals surface area contributed by atoms with Gasteiger partial charge in [0.15, 0.2) is 5.58 Å². The highest BCUT2D eigenvalue weighted by Gasteiger charge is 2.10. The van der Waals surface area contributed by atoms with Crippen LogP contribution in [0.5, 0.6) is 0 Å². The summed E-state index contributed by atoms with van der Waals surface area (Å²) in [6.45, 7) is 0.338. The van der Waals surface area contributed by atoms with Gasteiger partial charge in [-0.25, -0.2) is 4.98 Å². The maximum atomic E-state index is 12.2. The summed E-state index contributed by atoms with van der Waals surface area (Å²) < 4.78 is 6.10. The van der Waals surface area contributed by atoms with Gasteiger partial charge in [-0.2, -0.15) is 4.98 Å². The molecule has 0 radical (unpaired) electrons. The van der Waals surface area contributed by atoms with Crippen molar-refractivity contribution in [3.63, 3.8) is 0 Å². The smallest absolute Gasteiger partial charge is 0.295 e. The van der Waals surface area contributed by atoms with Gasteiger partial charge in [-0.15, -0.1) is 0 Å². The lowest BCUT2D eigenvalue weighted by molar-refractivity contribution is 0.102. The number of carbonyl (C=O) groups excluding carboxylic acids is 1. The second-order valence-corrected chi connectivity index (χ2v) is 5.46. The summed E-state index contributed by atoms with van der Waals surface area (Å²) >= 11 is 3.23. The summed E-state index contributed by atoms with van der Waals surface area (Å²) in [5.74, 6) is -0.316. The minimum absolute atomic E-state index is 0.0142. The van der Waals surface area contributed by atoms with Crippen molar-refractivity contribution in [2.45, 2.75) is 0 Å². The Bertz CT molecular complexity index is 850. The van der Waals surface area contributed by atoms with Crippen LogP contribution in [0, 0.1) is 0 Å². The number of rotatable bonds is 5. The third kappa shape index (κ3) is 3.66. The molecule has 0 aliphatic carbocycles. The Hall–Kier alpha value is -2.45. The first-order valence-electron chi connectivity index (χ1n) is 6.85. The van der Waals surface area contributed by atoms with E-state index in [1.807, 2.05) is 0 Å². The molecule has 0 aliphatic rings. The molecule has 8 heteroatoms. The highest BCUT2D eigenvalue weighted by atomic mass is 79.9. The Morgan fingerprint density at radius 3 is 2.91 bits per heavy atom. The molecule has 23 heavy (non-hydrogen) atoms. The van der Waals surface area contributed by atoms with E-state index in [9.17, 15) is 4.79 Å². The van der Waals surface area contributed by atoms with Gasteiger partial charge >= 0.3 is 0 Å². The normalized spacial score (nSPS) is 10.7. The molecule has 3 aromatic rings. The molecule has 1 amide bonds. The number of hydrogen-bond acceptors (Lipinski definition) is 6.